The Labute approximate surface area is 443 Å². The van der Waals surface area contributed by atoms with Crippen molar-refractivity contribution in [2.75, 3.05) is 9.80 Å². The molecule has 0 N–H and O–H groups in total. The van der Waals surface area contributed by atoms with Gasteiger partial charge in [0, 0.05) is 72.2 Å². The summed E-state index contributed by atoms with van der Waals surface area (Å²) in [6.07, 6.45) is 1.93. The molecule has 3 heterocycles. The summed E-state index contributed by atoms with van der Waals surface area (Å²) < 4.78 is 9.20. The van der Waals surface area contributed by atoms with Crippen molar-refractivity contribution in [2.24, 2.45) is 0 Å². The molecule has 0 atom stereocenters. The second kappa shape index (κ2) is 18.6. The van der Waals surface area contributed by atoms with Gasteiger partial charge in [-0.1, -0.05) is 187 Å². The van der Waals surface area contributed by atoms with Crippen LogP contribution in [-0.4, -0.2) is 9.55 Å². The summed E-state index contributed by atoms with van der Waals surface area (Å²) in [5, 5.41) is 2.22. The van der Waals surface area contributed by atoms with Crippen molar-refractivity contribution in [2.45, 2.75) is 117 Å². The Morgan fingerprint density at radius 3 is 1.69 bits per heavy atom. The molecule has 0 saturated heterocycles. The number of hydrogen-bond acceptors (Lipinski definition) is 4. The molecule has 0 spiro atoms. The number of nitrogens with zero attached hydrogens (tertiary/aromatic N) is 4. The maximum Gasteiger partial charge on any atom is 0.135 e. The van der Waals surface area contributed by atoms with E-state index in [-0.39, 0.29) is 48.1 Å². The average molecular weight is 1130 g/mol. The Morgan fingerprint density at radius 2 is 1.04 bits per heavy atom. The number of fused-ring (bicyclic) bond motifs is 4. The van der Waals surface area contributed by atoms with Crippen molar-refractivity contribution in [3.8, 4) is 17.3 Å². The summed E-state index contributed by atoms with van der Waals surface area (Å²) in [4.78, 5) is 9.66. The van der Waals surface area contributed by atoms with Crippen LogP contribution in [0.3, 0.4) is 0 Å². The predicted molar refractivity (Wildman–Crippen MR) is 297 cm³/mol. The van der Waals surface area contributed by atoms with E-state index in [4.69, 9.17) is 9.72 Å². The molecule has 1 aliphatic rings. The fourth-order valence-corrected chi connectivity index (χ4v) is 9.98. The summed E-state index contributed by atoms with van der Waals surface area (Å²) in [7, 11) is 0. The standard InChI is InChI=1S/C66H67N4O.Pt/c1-62(2,3)46-28-31-58-60(39-46)69(43-68(58)51-35-48(63(4,5)6)34-50(37-51)66(12,13)45-24-18-15-19-25-45)52-36-49(64(7,8)9)38-54(41-52)71-53-29-30-56-55-26-20-21-27-57(55)70(59(56)42-53)61-40-47(32-33-67-61)65(10,11)44-22-16-14-17-23-44;/h14-40,43H,1-13H3;/q-3;. The van der Waals surface area contributed by atoms with E-state index in [0.717, 1.165) is 55.9 Å². The molecule has 72 heavy (non-hydrogen) atoms. The molecule has 0 radical (unpaired) electrons. The molecule has 0 aliphatic carbocycles. The fraction of sp³-hybridized carbons (Fsp3) is 0.273. The minimum Gasteiger partial charge on any atom is -0.509 e. The quantitative estimate of drug-likeness (QED) is 0.135. The SMILES string of the molecule is CC(C)(C)c1cc(Oc2[c-]c3c(cc2)c2ccccc2n3-c2cc(C(C)(C)c3ccccc3)ccn2)[c-]c(N2[CH-]N(c3cc(C(C)(C)C)cc(C(C)(C)c4ccccc4)c3)c3ccc(C(C)(C)C)cc32)c1.[Pt]. The van der Waals surface area contributed by atoms with Crippen molar-refractivity contribution < 1.29 is 25.8 Å². The summed E-state index contributed by atoms with van der Waals surface area (Å²) in [5.74, 6) is 2.06. The first-order chi connectivity index (χ1) is 33.6. The molecular formula is C66H67N4OPt-3. The Hall–Kier alpha value is -6.42. The van der Waals surface area contributed by atoms with E-state index >= 15 is 0 Å². The van der Waals surface area contributed by atoms with Crippen LogP contribution in [0.5, 0.6) is 11.5 Å². The molecule has 0 fully saturated rings. The van der Waals surface area contributed by atoms with Gasteiger partial charge in [0.1, 0.15) is 5.82 Å². The Morgan fingerprint density at radius 1 is 0.444 bits per heavy atom. The van der Waals surface area contributed by atoms with Gasteiger partial charge in [0.2, 0.25) is 0 Å². The third kappa shape index (κ3) is 9.42. The predicted octanol–water partition coefficient (Wildman–Crippen LogP) is 17.5. The van der Waals surface area contributed by atoms with E-state index in [2.05, 4.69) is 275 Å². The van der Waals surface area contributed by atoms with Crippen molar-refractivity contribution in [3.63, 3.8) is 0 Å². The van der Waals surface area contributed by atoms with Gasteiger partial charge >= 0.3 is 0 Å². The number of pyridine rings is 1. The molecule has 10 rings (SSSR count). The summed E-state index contributed by atoms with van der Waals surface area (Å²) in [6, 6.07) is 64.6. The number of ether oxygens (including phenoxy) is 1. The first kappa shape index (κ1) is 50.5. The molecule has 5 nitrogen and oxygen atoms in total. The first-order valence-corrected chi connectivity index (χ1v) is 25.1. The second-order valence-corrected chi connectivity index (χ2v) is 23.6. The molecule has 2 aromatic heterocycles. The van der Waals surface area contributed by atoms with E-state index in [1.807, 2.05) is 12.3 Å². The van der Waals surface area contributed by atoms with E-state index < -0.39 is 0 Å². The van der Waals surface area contributed by atoms with E-state index in [1.165, 1.54) is 33.4 Å². The molecule has 7 aromatic carbocycles. The number of para-hydroxylation sites is 1. The number of benzene rings is 7. The largest absolute Gasteiger partial charge is 0.509 e. The third-order valence-electron chi connectivity index (χ3n) is 14.8. The van der Waals surface area contributed by atoms with Crippen molar-refractivity contribution in [1.82, 2.24) is 9.55 Å². The van der Waals surface area contributed by atoms with Gasteiger partial charge < -0.3 is 19.1 Å². The molecule has 0 saturated carbocycles. The van der Waals surface area contributed by atoms with Gasteiger partial charge in [0.25, 0.3) is 0 Å². The Bertz CT molecular complexity index is 3440. The zero-order valence-electron chi connectivity index (χ0n) is 44.2. The Kier molecular flexibility index (Phi) is 13.0. The molecule has 0 amide bonds. The first-order valence-electron chi connectivity index (χ1n) is 25.1. The summed E-state index contributed by atoms with van der Waals surface area (Å²) in [5.41, 5.74) is 14.1. The van der Waals surface area contributed by atoms with E-state index in [9.17, 15) is 0 Å². The van der Waals surface area contributed by atoms with Crippen LogP contribution in [0.25, 0.3) is 27.6 Å². The van der Waals surface area contributed by atoms with E-state index in [1.54, 1.807) is 0 Å². The molecule has 6 heteroatoms. The topological polar surface area (TPSA) is 33.5 Å². The maximum absolute atomic E-state index is 6.97. The maximum atomic E-state index is 6.97. The Balaban J connectivity index is 0.00000640. The average Bonchev–Trinajstić information content (AvgIpc) is 3.89. The van der Waals surface area contributed by atoms with Gasteiger partial charge in [-0.15, -0.1) is 53.6 Å². The van der Waals surface area contributed by atoms with Crippen molar-refractivity contribution >= 4 is 44.6 Å². The van der Waals surface area contributed by atoms with Gasteiger partial charge in [0.15, 0.2) is 0 Å². The number of rotatable bonds is 9. The van der Waals surface area contributed by atoms with Gasteiger partial charge in [-0.05, 0) is 97.5 Å². The number of anilines is 4. The van der Waals surface area contributed by atoms with Crippen molar-refractivity contribution in [1.29, 1.82) is 0 Å². The molecular weight excluding hydrogens is 1060 g/mol. The normalized spacial score (nSPS) is 13.4. The zero-order valence-corrected chi connectivity index (χ0v) is 46.5. The van der Waals surface area contributed by atoms with Gasteiger partial charge in [0.05, 0.1) is 0 Å². The fourth-order valence-electron chi connectivity index (χ4n) is 9.98. The number of aromatic nitrogens is 2. The van der Waals surface area contributed by atoms with Crippen LogP contribution >= 0.6 is 0 Å². The monoisotopic (exact) mass is 1130 g/mol. The van der Waals surface area contributed by atoms with Crippen LogP contribution < -0.4 is 14.5 Å². The third-order valence-corrected chi connectivity index (χ3v) is 14.8. The summed E-state index contributed by atoms with van der Waals surface area (Å²) in [6.45, 7) is 32.0. The molecule has 370 valence electrons. The second-order valence-electron chi connectivity index (χ2n) is 23.6. The zero-order chi connectivity index (χ0) is 50.3. The molecule has 1 aliphatic heterocycles. The molecule has 0 bridgehead atoms. The van der Waals surface area contributed by atoms with Crippen LogP contribution in [0.1, 0.15) is 129 Å². The minimum absolute atomic E-state index is 0. The van der Waals surface area contributed by atoms with Gasteiger partial charge in [-0.25, -0.2) is 4.98 Å². The van der Waals surface area contributed by atoms with Crippen molar-refractivity contribution in [3.05, 3.63) is 222 Å². The molecule has 0 unspecified atom stereocenters. The van der Waals surface area contributed by atoms with Crippen LogP contribution in [-0.2, 0) is 48.1 Å². The smallest absolute Gasteiger partial charge is 0.135 e. The summed E-state index contributed by atoms with van der Waals surface area (Å²) >= 11 is 0. The van der Waals surface area contributed by atoms with Gasteiger partial charge in [-0.3, -0.25) is 0 Å². The van der Waals surface area contributed by atoms with Crippen LogP contribution in [0.2, 0.25) is 0 Å². The van der Waals surface area contributed by atoms with Crippen LogP contribution in [0.4, 0.5) is 22.7 Å². The minimum atomic E-state index is -0.237. The molecule has 9 aromatic rings. The van der Waals surface area contributed by atoms with Gasteiger partial charge in [-0.2, -0.15) is 6.07 Å². The number of hydrogen-bond donors (Lipinski definition) is 0. The van der Waals surface area contributed by atoms with E-state index in [0.29, 0.717) is 11.5 Å². The van der Waals surface area contributed by atoms with Crippen LogP contribution in [0.15, 0.2) is 164 Å². The van der Waals surface area contributed by atoms with Crippen LogP contribution in [0, 0.1) is 18.8 Å².